The van der Waals surface area contributed by atoms with E-state index in [1.807, 2.05) is 13.8 Å². The van der Waals surface area contributed by atoms with E-state index in [-0.39, 0.29) is 11.6 Å². The second kappa shape index (κ2) is 8.21. The molecule has 3 aliphatic rings. The summed E-state index contributed by atoms with van der Waals surface area (Å²) in [6.07, 6.45) is 0. The van der Waals surface area contributed by atoms with Crippen LogP contribution in [0.15, 0.2) is 19.4 Å². The minimum absolute atomic E-state index is 0.279. The summed E-state index contributed by atoms with van der Waals surface area (Å²) in [6.45, 7) is 7.75. The van der Waals surface area contributed by atoms with Crippen molar-refractivity contribution < 1.29 is 18.7 Å². The number of esters is 1. The molecule has 12 heteroatoms. The van der Waals surface area contributed by atoms with E-state index in [9.17, 15) is 9.59 Å². The number of nitrogens with one attached hydrogen (secondary N) is 1. The number of nitrogens with zero attached hydrogens (tertiary/aromatic N) is 4. The van der Waals surface area contributed by atoms with Crippen molar-refractivity contribution in [1.82, 2.24) is 10.3 Å². The van der Waals surface area contributed by atoms with Gasteiger partial charge < -0.3 is 14.5 Å². The maximum absolute atomic E-state index is 12.0. The summed E-state index contributed by atoms with van der Waals surface area (Å²) in [5.74, 6) is 2.26. The van der Waals surface area contributed by atoms with Crippen LogP contribution < -0.4 is 5.32 Å². The van der Waals surface area contributed by atoms with Crippen molar-refractivity contribution >= 4 is 62.3 Å². The van der Waals surface area contributed by atoms with Gasteiger partial charge in [-0.05, 0) is 27.7 Å². The summed E-state index contributed by atoms with van der Waals surface area (Å²) in [5, 5.41) is 4.78. The molecule has 0 unspecified atom stereocenters. The summed E-state index contributed by atoms with van der Waals surface area (Å²) >= 11 is 4.69. The zero-order valence-electron chi connectivity index (χ0n) is 18.8. The molecular formula is C20H25N5O4S3. The first-order valence-corrected chi connectivity index (χ1v) is 13.0. The maximum atomic E-state index is 12.0. The van der Waals surface area contributed by atoms with Gasteiger partial charge in [0.1, 0.15) is 22.4 Å². The average Bonchev–Trinajstić information content (AvgIpc) is 3.54. The molecule has 0 saturated carbocycles. The molecular weight excluding hydrogens is 470 g/mol. The van der Waals surface area contributed by atoms with E-state index in [4.69, 9.17) is 19.1 Å². The molecule has 0 aromatic carbocycles. The Labute approximate surface area is 199 Å². The van der Waals surface area contributed by atoms with Gasteiger partial charge in [0.05, 0.1) is 17.2 Å². The number of ether oxygens (including phenoxy) is 1. The number of amides is 1. The van der Waals surface area contributed by atoms with E-state index in [0.29, 0.717) is 28.2 Å². The SMILES string of the molecule is CNC(=O)c1nc([C@]2(C)CSC([C@]3(C)CSC([C@]4(C)CSC(C(=O)OC)=N4)=N3)=N2)oc1C. The molecule has 1 amide bonds. The first-order chi connectivity index (χ1) is 15.0. The van der Waals surface area contributed by atoms with Crippen LogP contribution in [0.1, 0.15) is 42.9 Å². The highest BCUT2D eigenvalue weighted by Crippen LogP contribution is 2.46. The Hall–Kier alpha value is -1.79. The van der Waals surface area contributed by atoms with E-state index in [1.165, 1.54) is 18.9 Å². The molecule has 0 bridgehead atoms. The fraction of sp³-hybridized carbons (Fsp3) is 0.600. The minimum atomic E-state index is -0.674. The van der Waals surface area contributed by atoms with Gasteiger partial charge in [0, 0.05) is 24.3 Å². The van der Waals surface area contributed by atoms with Crippen molar-refractivity contribution in [2.24, 2.45) is 15.0 Å². The van der Waals surface area contributed by atoms with Crippen molar-refractivity contribution in [3.05, 3.63) is 17.3 Å². The third-order valence-corrected chi connectivity index (χ3v) is 9.76. The number of hydrogen-bond donors (Lipinski definition) is 1. The first-order valence-electron chi connectivity index (χ1n) is 10.0. The van der Waals surface area contributed by atoms with E-state index in [0.717, 1.165) is 15.8 Å². The minimum Gasteiger partial charge on any atom is -0.464 e. The van der Waals surface area contributed by atoms with Gasteiger partial charge in [0.25, 0.3) is 5.91 Å². The molecule has 32 heavy (non-hydrogen) atoms. The third-order valence-electron chi connectivity index (χ3n) is 5.50. The Kier molecular flexibility index (Phi) is 6.00. The molecule has 0 spiro atoms. The fourth-order valence-electron chi connectivity index (χ4n) is 3.52. The van der Waals surface area contributed by atoms with Gasteiger partial charge in [-0.3, -0.25) is 19.8 Å². The molecule has 0 fully saturated rings. The molecule has 4 rings (SSSR count). The van der Waals surface area contributed by atoms with E-state index >= 15 is 0 Å². The Bertz CT molecular complexity index is 1080. The third kappa shape index (κ3) is 3.90. The molecule has 1 N–H and O–H groups in total. The number of hydrogen-bond acceptors (Lipinski definition) is 11. The molecule has 3 atom stereocenters. The van der Waals surface area contributed by atoms with Gasteiger partial charge in [-0.25, -0.2) is 9.78 Å². The van der Waals surface area contributed by atoms with Crippen LogP contribution in [0.2, 0.25) is 0 Å². The van der Waals surface area contributed by atoms with Crippen LogP contribution in [0.3, 0.4) is 0 Å². The van der Waals surface area contributed by atoms with Gasteiger partial charge in [-0.15, -0.1) is 23.5 Å². The topological polar surface area (TPSA) is 119 Å². The summed E-state index contributed by atoms with van der Waals surface area (Å²) in [4.78, 5) is 43.0. The number of carbonyl (C=O) groups excluding carboxylic acids is 2. The van der Waals surface area contributed by atoms with Crippen LogP contribution in [0, 0.1) is 6.92 Å². The van der Waals surface area contributed by atoms with E-state index < -0.39 is 22.6 Å². The lowest BCUT2D eigenvalue weighted by molar-refractivity contribution is -0.132. The largest absolute Gasteiger partial charge is 0.464 e. The second-order valence-corrected chi connectivity index (χ2v) is 11.3. The molecule has 4 heterocycles. The second-order valence-electron chi connectivity index (χ2n) is 8.43. The summed E-state index contributed by atoms with van der Waals surface area (Å²) in [6, 6.07) is 0. The standard InChI is InChI=1S/C20H25N5O4S3/c1-10-11(12(26)21-5)22-15(29-10)18(2)7-31-17(24-18)20(4)9-32-16(25-20)19(3)8-30-13(23-19)14(27)28-6/h7-9H2,1-6H3,(H,21,26)/t18-,19-,20-/m0/s1. The van der Waals surface area contributed by atoms with Crippen LogP contribution in [0.25, 0.3) is 0 Å². The number of thioether (sulfide) groups is 3. The lowest BCUT2D eigenvalue weighted by atomic mass is 10.0. The zero-order chi connectivity index (χ0) is 23.3. The van der Waals surface area contributed by atoms with Crippen LogP contribution in [0.5, 0.6) is 0 Å². The maximum Gasteiger partial charge on any atom is 0.362 e. The molecule has 172 valence electrons. The quantitative estimate of drug-likeness (QED) is 0.620. The predicted octanol–water partition coefficient (Wildman–Crippen LogP) is 2.68. The Morgan fingerprint density at radius 1 is 0.969 bits per heavy atom. The van der Waals surface area contributed by atoms with Crippen molar-refractivity contribution in [3.8, 4) is 0 Å². The predicted molar refractivity (Wildman–Crippen MR) is 130 cm³/mol. The van der Waals surface area contributed by atoms with Gasteiger partial charge in [-0.2, -0.15) is 0 Å². The molecule has 1 aromatic rings. The zero-order valence-corrected chi connectivity index (χ0v) is 21.2. The summed E-state index contributed by atoms with van der Waals surface area (Å²) in [7, 11) is 2.93. The number of methoxy groups -OCH3 is 1. The fourth-order valence-corrected chi connectivity index (χ4v) is 7.40. The van der Waals surface area contributed by atoms with E-state index in [2.05, 4.69) is 22.2 Å². The van der Waals surface area contributed by atoms with Gasteiger partial charge in [-0.1, -0.05) is 11.8 Å². The van der Waals surface area contributed by atoms with Crippen molar-refractivity contribution in [2.45, 2.75) is 44.3 Å². The lowest BCUT2D eigenvalue weighted by Crippen LogP contribution is -2.33. The van der Waals surface area contributed by atoms with Gasteiger partial charge in [0.2, 0.25) is 5.89 Å². The number of aryl methyl sites for hydroxylation is 1. The number of aromatic nitrogens is 1. The Balaban J connectivity index is 1.60. The highest BCUT2D eigenvalue weighted by molar-refractivity contribution is 8.17. The average molecular weight is 496 g/mol. The Morgan fingerprint density at radius 2 is 1.53 bits per heavy atom. The van der Waals surface area contributed by atoms with Crippen LogP contribution in [-0.2, 0) is 15.1 Å². The molecule has 0 saturated heterocycles. The normalized spacial score (nSPS) is 31.9. The number of rotatable bonds is 5. The van der Waals surface area contributed by atoms with Crippen LogP contribution in [0.4, 0.5) is 0 Å². The van der Waals surface area contributed by atoms with E-state index in [1.54, 1.807) is 37.5 Å². The van der Waals surface area contributed by atoms with Crippen molar-refractivity contribution in [2.75, 3.05) is 31.4 Å². The van der Waals surface area contributed by atoms with Gasteiger partial charge in [0.15, 0.2) is 10.7 Å². The highest BCUT2D eigenvalue weighted by Gasteiger charge is 2.49. The Morgan fingerprint density at radius 3 is 2.16 bits per heavy atom. The smallest absolute Gasteiger partial charge is 0.362 e. The number of carbonyl (C=O) groups is 2. The van der Waals surface area contributed by atoms with Crippen molar-refractivity contribution in [1.29, 1.82) is 0 Å². The number of oxazole rings is 1. The molecule has 1 aromatic heterocycles. The highest BCUT2D eigenvalue weighted by atomic mass is 32.2. The van der Waals surface area contributed by atoms with Crippen molar-refractivity contribution in [3.63, 3.8) is 0 Å². The van der Waals surface area contributed by atoms with Crippen LogP contribution in [-0.4, -0.2) is 74.5 Å². The van der Waals surface area contributed by atoms with Gasteiger partial charge >= 0.3 is 5.97 Å². The molecule has 9 nitrogen and oxygen atoms in total. The number of aliphatic imine (C=N–C) groups is 3. The molecule has 3 aliphatic heterocycles. The van der Waals surface area contributed by atoms with Crippen LogP contribution >= 0.6 is 35.3 Å². The summed E-state index contributed by atoms with van der Waals surface area (Å²) in [5.41, 5.74) is -1.44. The lowest BCUT2D eigenvalue weighted by Gasteiger charge is -2.20. The molecule has 0 radical (unpaired) electrons. The molecule has 0 aliphatic carbocycles. The first kappa shape index (κ1) is 23.4. The monoisotopic (exact) mass is 495 g/mol. The summed E-state index contributed by atoms with van der Waals surface area (Å²) < 4.78 is 10.6.